The first kappa shape index (κ1) is 20.8. The molecule has 30 heavy (non-hydrogen) atoms. The Bertz CT molecular complexity index is 883. The number of carbonyl (C=O) groups is 1. The fraction of sp³-hybridized carbons (Fsp3) is 0.348. The molecule has 1 aromatic carbocycles. The fourth-order valence-electron chi connectivity index (χ4n) is 3.45. The molecule has 1 N–H and O–H groups in total. The first-order valence-electron chi connectivity index (χ1n) is 10.2. The lowest BCUT2D eigenvalue weighted by Gasteiger charge is -2.26. The van der Waals surface area contributed by atoms with E-state index in [4.69, 9.17) is 9.47 Å². The van der Waals surface area contributed by atoms with E-state index < -0.39 is 0 Å². The molecule has 7 heteroatoms. The van der Waals surface area contributed by atoms with E-state index in [0.717, 1.165) is 61.2 Å². The minimum absolute atomic E-state index is 0.0797. The van der Waals surface area contributed by atoms with Crippen molar-refractivity contribution in [2.45, 2.75) is 0 Å². The average Bonchev–Trinajstić information content (AvgIpc) is 3.23. The first-order valence-corrected chi connectivity index (χ1v) is 11.2. The molecule has 3 heterocycles. The van der Waals surface area contributed by atoms with Gasteiger partial charge in [0.05, 0.1) is 13.2 Å². The Hall–Kier alpha value is -2.48. The number of thioether (sulfide) groups is 1. The van der Waals surface area contributed by atoms with Gasteiger partial charge in [0, 0.05) is 67.9 Å². The third kappa shape index (κ3) is 5.56. The van der Waals surface area contributed by atoms with Gasteiger partial charge in [0.25, 0.3) is 0 Å². The molecule has 0 unspecified atom stereocenters. The Morgan fingerprint density at radius 2 is 2.03 bits per heavy atom. The largest absolute Gasteiger partial charge is 0.455 e. The van der Waals surface area contributed by atoms with Gasteiger partial charge >= 0.3 is 0 Å². The monoisotopic (exact) mass is 425 g/mol. The van der Waals surface area contributed by atoms with E-state index in [-0.39, 0.29) is 5.91 Å². The lowest BCUT2D eigenvalue weighted by molar-refractivity contribution is -0.116. The molecule has 1 amide bonds. The summed E-state index contributed by atoms with van der Waals surface area (Å²) >= 11 is 1.82. The van der Waals surface area contributed by atoms with Crippen LogP contribution in [-0.4, -0.2) is 67.9 Å². The Kier molecular flexibility index (Phi) is 6.94. The molecule has 6 nitrogen and oxygen atoms in total. The van der Waals surface area contributed by atoms with Crippen LogP contribution in [0.5, 0.6) is 5.75 Å². The second-order valence-corrected chi connectivity index (χ2v) is 8.39. The van der Waals surface area contributed by atoms with Crippen LogP contribution in [0.4, 0.5) is 0 Å². The Morgan fingerprint density at radius 1 is 1.23 bits per heavy atom. The summed E-state index contributed by atoms with van der Waals surface area (Å²) in [7, 11) is 2.01. The molecule has 158 valence electrons. The van der Waals surface area contributed by atoms with Crippen molar-refractivity contribution >= 4 is 23.7 Å². The van der Waals surface area contributed by atoms with Crippen LogP contribution in [-0.2, 0) is 9.53 Å². The maximum atomic E-state index is 12.0. The highest BCUT2D eigenvalue weighted by Gasteiger charge is 2.22. The number of morpholine rings is 1. The third-order valence-electron chi connectivity index (χ3n) is 5.07. The lowest BCUT2D eigenvalue weighted by atomic mass is 10.1. The SMILES string of the molecule is CN1C=C(Oc2ccc(/C=C/C(=O)NCCN3CCOCC3)cc2)C2=CCSC2=C1. The summed E-state index contributed by atoms with van der Waals surface area (Å²) in [5.41, 5.74) is 2.12. The van der Waals surface area contributed by atoms with Gasteiger partial charge in [-0.2, -0.15) is 0 Å². The predicted octanol–water partition coefficient (Wildman–Crippen LogP) is 2.83. The van der Waals surface area contributed by atoms with Crippen LogP contribution in [0.1, 0.15) is 5.56 Å². The van der Waals surface area contributed by atoms with E-state index in [0.29, 0.717) is 6.54 Å². The molecular formula is C23H27N3O3S. The zero-order valence-electron chi connectivity index (χ0n) is 17.2. The Labute approximate surface area is 181 Å². The second kappa shape index (κ2) is 10.0. The minimum atomic E-state index is -0.0797. The molecule has 0 aliphatic carbocycles. The highest BCUT2D eigenvalue weighted by atomic mass is 32.2. The number of hydrogen-bond acceptors (Lipinski definition) is 6. The van der Waals surface area contributed by atoms with Crippen LogP contribution in [0.25, 0.3) is 6.08 Å². The quantitative estimate of drug-likeness (QED) is 0.678. The highest BCUT2D eigenvalue weighted by Crippen LogP contribution is 2.39. The van der Waals surface area contributed by atoms with E-state index >= 15 is 0 Å². The normalized spacial score (nSPS) is 19.2. The minimum Gasteiger partial charge on any atom is -0.455 e. The van der Waals surface area contributed by atoms with Gasteiger partial charge in [0.1, 0.15) is 5.75 Å². The van der Waals surface area contributed by atoms with Crippen molar-refractivity contribution in [1.29, 1.82) is 0 Å². The van der Waals surface area contributed by atoms with Gasteiger partial charge in [-0.05, 0) is 23.8 Å². The molecule has 0 atom stereocenters. The molecule has 0 bridgehead atoms. The zero-order chi connectivity index (χ0) is 20.8. The summed E-state index contributed by atoms with van der Waals surface area (Å²) in [5.74, 6) is 2.54. The van der Waals surface area contributed by atoms with Crippen molar-refractivity contribution in [3.8, 4) is 5.75 Å². The highest BCUT2D eigenvalue weighted by molar-refractivity contribution is 8.03. The van der Waals surface area contributed by atoms with Crippen molar-refractivity contribution in [3.05, 3.63) is 70.6 Å². The third-order valence-corrected chi connectivity index (χ3v) is 6.03. The van der Waals surface area contributed by atoms with Crippen LogP contribution in [0.3, 0.4) is 0 Å². The van der Waals surface area contributed by atoms with Crippen LogP contribution >= 0.6 is 11.8 Å². The van der Waals surface area contributed by atoms with Crippen molar-refractivity contribution in [3.63, 3.8) is 0 Å². The van der Waals surface area contributed by atoms with Crippen LogP contribution in [0, 0.1) is 0 Å². The molecule has 3 aliphatic heterocycles. The molecule has 0 aromatic heterocycles. The zero-order valence-corrected chi connectivity index (χ0v) is 18.0. The van der Waals surface area contributed by atoms with Crippen molar-refractivity contribution < 1.29 is 14.3 Å². The van der Waals surface area contributed by atoms with Gasteiger partial charge < -0.3 is 19.7 Å². The smallest absolute Gasteiger partial charge is 0.244 e. The topological polar surface area (TPSA) is 54.0 Å². The summed E-state index contributed by atoms with van der Waals surface area (Å²) in [6, 6.07) is 7.76. The maximum Gasteiger partial charge on any atom is 0.244 e. The molecule has 0 radical (unpaired) electrons. The molecule has 1 saturated heterocycles. The van der Waals surface area contributed by atoms with E-state index in [1.807, 2.05) is 60.3 Å². The van der Waals surface area contributed by atoms with E-state index in [1.54, 1.807) is 6.08 Å². The summed E-state index contributed by atoms with van der Waals surface area (Å²) in [6.07, 6.45) is 9.71. The Balaban J connectivity index is 1.25. The standard InChI is InChI=1S/C23H27N3O3S/c1-25-16-21(20-8-15-30-22(20)17-25)29-19-5-2-18(3-6-19)4-7-23(27)24-9-10-26-11-13-28-14-12-26/h2-8,16-17H,9-15H2,1H3,(H,24,27)/b7-4+. The summed E-state index contributed by atoms with van der Waals surface area (Å²) in [6.45, 7) is 4.91. The van der Waals surface area contributed by atoms with Crippen molar-refractivity contribution in [2.75, 3.05) is 52.2 Å². The maximum absolute atomic E-state index is 12.0. The number of nitrogens with zero attached hydrogens (tertiary/aromatic N) is 2. The second-order valence-electron chi connectivity index (χ2n) is 7.33. The molecule has 1 aromatic rings. The van der Waals surface area contributed by atoms with E-state index in [9.17, 15) is 4.79 Å². The molecular weight excluding hydrogens is 398 g/mol. The summed E-state index contributed by atoms with van der Waals surface area (Å²) < 4.78 is 11.4. The number of hydrogen-bond donors (Lipinski definition) is 1. The van der Waals surface area contributed by atoms with Gasteiger partial charge in [0.15, 0.2) is 5.76 Å². The molecule has 3 aliphatic rings. The molecule has 4 rings (SSSR count). The predicted molar refractivity (Wildman–Crippen MR) is 121 cm³/mol. The number of carbonyl (C=O) groups excluding carboxylic acids is 1. The number of allylic oxidation sites excluding steroid dienone is 1. The first-order chi connectivity index (χ1) is 14.7. The van der Waals surface area contributed by atoms with Crippen molar-refractivity contribution in [2.24, 2.45) is 0 Å². The van der Waals surface area contributed by atoms with Gasteiger partial charge in [0.2, 0.25) is 5.91 Å². The number of ether oxygens (including phenoxy) is 2. The van der Waals surface area contributed by atoms with Gasteiger partial charge in [-0.15, -0.1) is 11.8 Å². The van der Waals surface area contributed by atoms with Crippen LogP contribution in [0.2, 0.25) is 0 Å². The van der Waals surface area contributed by atoms with Crippen molar-refractivity contribution in [1.82, 2.24) is 15.1 Å². The van der Waals surface area contributed by atoms with Gasteiger partial charge in [-0.3, -0.25) is 9.69 Å². The number of fused-ring (bicyclic) bond motifs is 1. The summed E-state index contributed by atoms with van der Waals surface area (Å²) in [5, 5.41) is 2.93. The van der Waals surface area contributed by atoms with E-state index in [1.165, 1.54) is 4.91 Å². The average molecular weight is 426 g/mol. The van der Waals surface area contributed by atoms with Crippen LogP contribution < -0.4 is 10.1 Å². The molecule has 0 saturated carbocycles. The molecule has 0 spiro atoms. The lowest BCUT2D eigenvalue weighted by Crippen LogP contribution is -2.41. The number of amides is 1. The Morgan fingerprint density at radius 3 is 2.83 bits per heavy atom. The van der Waals surface area contributed by atoms with E-state index in [2.05, 4.69) is 22.5 Å². The number of nitrogens with one attached hydrogen (secondary N) is 1. The molecule has 1 fully saturated rings. The van der Waals surface area contributed by atoms with Gasteiger partial charge in [-0.1, -0.05) is 18.2 Å². The van der Waals surface area contributed by atoms with Crippen LogP contribution in [0.15, 0.2) is 65.1 Å². The number of rotatable bonds is 7. The van der Waals surface area contributed by atoms with Gasteiger partial charge in [-0.25, -0.2) is 0 Å². The fourth-order valence-corrected chi connectivity index (χ4v) is 4.46. The summed E-state index contributed by atoms with van der Waals surface area (Å²) in [4.78, 5) is 17.6. The number of benzene rings is 1.